The Bertz CT molecular complexity index is 1140. The molecule has 146 valence electrons. The molecule has 0 spiro atoms. The number of hydrogen-bond donors (Lipinski definition) is 0. The van der Waals surface area contributed by atoms with Gasteiger partial charge in [-0.15, -0.1) is 10.2 Å². The molecular formula is C22H21N5OS. The molecule has 7 heteroatoms. The lowest BCUT2D eigenvalue weighted by Gasteiger charge is -2.13. The Morgan fingerprint density at radius 1 is 1.07 bits per heavy atom. The molecule has 0 amide bonds. The molecule has 6 nitrogen and oxygen atoms in total. The highest BCUT2D eigenvalue weighted by molar-refractivity contribution is 7.98. The van der Waals surface area contributed by atoms with Crippen molar-refractivity contribution in [3.05, 3.63) is 71.4 Å². The number of pyridine rings is 1. The number of para-hydroxylation sites is 1. The van der Waals surface area contributed by atoms with Crippen molar-refractivity contribution in [1.82, 2.24) is 24.9 Å². The first-order valence-corrected chi connectivity index (χ1v) is 10.8. The van der Waals surface area contributed by atoms with Gasteiger partial charge in [-0.2, -0.15) is 0 Å². The molecule has 29 heavy (non-hydrogen) atoms. The summed E-state index contributed by atoms with van der Waals surface area (Å²) in [5, 5.41) is 14.2. The SMILES string of the molecule is Cc1ccccc1-n1c(SCc2noc3c2CCCC3)nnc1-c1cccnc1. The molecule has 0 unspecified atom stereocenters. The molecule has 0 N–H and O–H groups in total. The van der Waals surface area contributed by atoms with Crippen LogP contribution in [0.25, 0.3) is 17.1 Å². The number of benzene rings is 1. The van der Waals surface area contributed by atoms with E-state index in [4.69, 9.17) is 4.52 Å². The summed E-state index contributed by atoms with van der Waals surface area (Å²) in [6.07, 6.45) is 8.03. The maximum atomic E-state index is 5.57. The van der Waals surface area contributed by atoms with Crippen molar-refractivity contribution in [2.75, 3.05) is 0 Å². The first-order valence-electron chi connectivity index (χ1n) is 9.82. The average Bonchev–Trinajstić information content (AvgIpc) is 3.37. The van der Waals surface area contributed by atoms with E-state index in [9.17, 15) is 0 Å². The molecule has 4 aromatic rings. The molecule has 1 aromatic carbocycles. The second-order valence-electron chi connectivity index (χ2n) is 7.20. The topological polar surface area (TPSA) is 69.6 Å². The summed E-state index contributed by atoms with van der Waals surface area (Å²) in [7, 11) is 0. The second kappa shape index (κ2) is 7.83. The highest BCUT2D eigenvalue weighted by atomic mass is 32.2. The van der Waals surface area contributed by atoms with Crippen LogP contribution in [0.2, 0.25) is 0 Å². The van der Waals surface area contributed by atoms with E-state index in [0.717, 1.165) is 57.8 Å². The van der Waals surface area contributed by atoms with Crippen molar-refractivity contribution >= 4 is 11.8 Å². The fourth-order valence-corrected chi connectivity index (χ4v) is 4.68. The average molecular weight is 404 g/mol. The van der Waals surface area contributed by atoms with Crippen LogP contribution < -0.4 is 0 Å². The standard InChI is InChI=1S/C22H21N5OS/c1-15-7-2-4-10-19(15)27-21(16-8-6-12-23-13-16)24-25-22(27)29-14-18-17-9-3-5-11-20(17)28-26-18/h2,4,6-8,10,12-13H,3,5,9,11,14H2,1H3. The summed E-state index contributed by atoms with van der Waals surface area (Å²) < 4.78 is 7.68. The number of nitrogens with zero attached hydrogens (tertiary/aromatic N) is 5. The van der Waals surface area contributed by atoms with Gasteiger partial charge in [0.2, 0.25) is 0 Å². The molecule has 0 bridgehead atoms. The van der Waals surface area contributed by atoms with Gasteiger partial charge < -0.3 is 4.52 Å². The lowest BCUT2D eigenvalue weighted by molar-refractivity contribution is 0.369. The molecule has 0 fully saturated rings. The molecule has 0 aliphatic heterocycles. The molecule has 0 saturated heterocycles. The molecule has 3 aromatic heterocycles. The van der Waals surface area contributed by atoms with Gasteiger partial charge in [0.05, 0.1) is 11.4 Å². The van der Waals surface area contributed by atoms with E-state index in [0.29, 0.717) is 0 Å². The Morgan fingerprint density at radius 3 is 2.83 bits per heavy atom. The number of rotatable bonds is 5. The molecule has 3 heterocycles. The van der Waals surface area contributed by atoms with Crippen LogP contribution in [0.15, 0.2) is 58.5 Å². The second-order valence-corrected chi connectivity index (χ2v) is 8.14. The largest absolute Gasteiger partial charge is 0.361 e. The Morgan fingerprint density at radius 2 is 1.97 bits per heavy atom. The number of fused-ring (bicyclic) bond motifs is 1. The lowest BCUT2D eigenvalue weighted by Crippen LogP contribution is -2.03. The summed E-state index contributed by atoms with van der Waals surface area (Å²) in [6.45, 7) is 2.10. The highest BCUT2D eigenvalue weighted by Crippen LogP contribution is 2.33. The highest BCUT2D eigenvalue weighted by Gasteiger charge is 2.22. The zero-order valence-corrected chi connectivity index (χ0v) is 17.0. The summed E-state index contributed by atoms with van der Waals surface area (Å²) >= 11 is 1.64. The number of thioether (sulfide) groups is 1. The van der Waals surface area contributed by atoms with Gasteiger partial charge in [-0.3, -0.25) is 9.55 Å². The van der Waals surface area contributed by atoms with E-state index in [1.807, 2.05) is 30.5 Å². The molecule has 0 radical (unpaired) electrons. The monoisotopic (exact) mass is 403 g/mol. The number of hydrogen-bond acceptors (Lipinski definition) is 6. The van der Waals surface area contributed by atoms with Crippen LogP contribution in [0.1, 0.15) is 35.4 Å². The summed E-state index contributed by atoms with van der Waals surface area (Å²) in [5.74, 6) is 2.57. The maximum Gasteiger partial charge on any atom is 0.196 e. The van der Waals surface area contributed by atoms with Crippen LogP contribution in [0.3, 0.4) is 0 Å². The van der Waals surface area contributed by atoms with Crippen molar-refractivity contribution in [3.8, 4) is 17.1 Å². The third-order valence-corrected chi connectivity index (χ3v) is 6.22. The van der Waals surface area contributed by atoms with E-state index in [1.54, 1.807) is 18.0 Å². The van der Waals surface area contributed by atoms with Crippen LogP contribution in [0.4, 0.5) is 0 Å². The fraction of sp³-hybridized carbons (Fsp3) is 0.273. The van der Waals surface area contributed by atoms with E-state index >= 15 is 0 Å². The third-order valence-electron chi connectivity index (χ3n) is 5.28. The molecule has 1 aliphatic carbocycles. The van der Waals surface area contributed by atoms with Gasteiger partial charge in [-0.05, 0) is 49.9 Å². The minimum Gasteiger partial charge on any atom is -0.361 e. The van der Waals surface area contributed by atoms with E-state index in [1.165, 1.54) is 18.4 Å². The van der Waals surface area contributed by atoms with Crippen LogP contribution in [0.5, 0.6) is 0 Å². The number of aromatic nitrogens is 5. The van der Waals surface area contributed by atoms with Crippen LogP contribution >= 0.6 is 11.8 Å². The predicted octanol–water partition coefficient (Wildman–Crippen LogP) is 4.80. The first kappa shape index (κ1) is 18.1. The Hall–Kier alpha value is -2.93. The zero-order chi connectivity index (χ0) is 19.6. The molecule has 0 atom stereocenters. The van der Waals surface area contributed by atoms with E-state index in [2.05, 4.69) is 44.0 Å². The molecule has 5 rings (SSSR count). The van der Waals surface area contributed by atoms with Gasteiger partial charge >= 0.3 is 0 Å². The van der Waals surface area contributed by atoms with Crippen LogP contribution in [-0.2, 0) is 18.6 Å². The van der Waals surface area contributed by atoms with Gasteiger partial charge in [-0.25, -0.2) is 0 Å². The van der Waals surface area contributed by atoms with Gasteiger partial charge in [0.15, 0.2) is 11.0 Å². The first-order chi connectivity index (χ1) is 14.3. The minimum atomic E-state index is 0.718. The summed E-state index contributed by atoms with van der Waals surface area (Å²) in [4.78, 5) is 4.25. The lowest BCUT2D eigenvalue weighted by atomic mass is 9.97. The zero-order valence-electron chi connectivity index (χ0n) is 16.2. The van der Waals surface area contributed by atoms with Gasteiger partial charge in [0.25, 0.3) is 0 Å². The van der Waals surface area contributed by atoms with Crippen molar-refractivity contribution in [2.45, 2.75) is 43.5 Å². The maximum absolute atomic E-state index is 5.57. The summed E-state index contributed by atoms with van der Waals surface area (Å²) in [5.41, 5.74) is 5.50. The van der Waals surface area contributed by atoms with Gasteiger partial charge in [0.1, 0.15) is 5.76 Å². The predicted molar refractivity (Wildman–Crippen MR) is 112 cm³/mol. The van der Waals surface area contributed by atoms with Crippen molar-refractivity contribution < 1.29 is 4.52 Å². The molecule has 1 aliphatic rings. The van der Waals surface area contributed by atoms with Gasteiger partial charge in [-0.1, -0.05) is 35.1 Å². The molecule has 0 saturated carbocycles. The van der Waals surface area contributed by atoms with E-state index < -0.39 is 0 Å². The number of aryl methyl sites for hydroxylation is 2. The Kier molecular flexibility index (Phi) is 4.89. The van der Waals surface area contributed by atoms with Crippen molar-refractivity contribution in [3.63, 3.8) is 0 Å². The van der Waals surface area contributed by atoms with Crippen molar-refractivity contribution in [2.24, 2.45) is 0 Å². The minimum absolute atomic E-state index is 0.718. The van der Waals surface area contributed by atoms with Crippen LogP contribution in [-0.4, -0.2) is 24.9 Å². The van der Waals surface area contributed by atoms with Crippen LogP contribution in [0, 0.1) is 6.92 Å². The van der Waals surface area contributed by atoms with Gasteiger partial charge in [0, 0.05) is 35.7 Å². The molecular weight excluding hydrogens is 382 g/mol. The summed E-state index contributed by atoms with van der Waals surface area (Å²) in [6, 6.07) is 12.2. The Balaban J connectivity index is 1.52. The third kappa shape index (κ3) is 3.46. The Labute approximate surface area is 173 Å². The normalized spacial score (nSPS) is 13.4. The quantitative estimate of drug-likeness (QED) is 0.446. The smallest absolute Gasteiger partial charge is 0.196 e. The van der Waals surface area contributed by atoms with E-state index in [-0.39, 0.29) is 0 Å². The fourth-order valence-electron chi connectivity index (χ4n) is 3.77. The van der Waals surface area contributed by atoms with Crippen molar-refractivity contribution in [1.29, 1.82) is 0 Å².